The summed E-state index contributed by atoms with van der Waals surface area (Å²) in [5.74, 6) is -1.14. The molecule has 4 heterocycles. The molecule has 7 rings (SSSR count). The number of nitrogens with one attached hydrogen (secondary N) is 1. The summed E-state index contributed by atoms with van der Waals surface area (Å²) in [6, 6.07) is 16.6. The highest BCUT2D eigenvalue weighted by molar-refractivity contribution is 6.35. The Hall–Kier alpha value is -4.56. The van der Waals surface area contributed by atoms with E-state index >= 15 is 4.39 Å². The molecule has 4 aromatic rings. The van der Waals surface area contributed by atoms with Crippen LogP contribution in [-0.2, 0) is 22.4 Å². The van der Waals surface area contributed by atoms with Gasteiger partial charge in [0, 0.05) is 18.5 Å². The summed E-state index contributed by atoms with van der Waals surface area (Å²) in [7, 11) is 0. The fourth-order valence-corrected chi connectivity index (χ4v) is 7.09. The van der Waals surface area contributed by atoms with Crippen molar-refractivity contribution in [3.8, 4) is 11.5 Å². The summed E-state index contributed by atoms with van der Waals surface area (Å²) in [6.07, 6.45) is 3.09. The number of halogens is 5. The van der Waals surface area contributed by atoms with Crippen molar-refractivity contribution in [1.82, 2.24) is 4.90 Å². The molecule has 10 nitrogen and oxygen atoms in total. The fourth-order valence-electron chi connectivity index (χ4n) is 6.55. The molecule has 3 aliphatic heterocycles. The number of piperidine rings is 3. The summed E-state index contributed by atoms with van der Waals surface area (Å²) in [5.41, 5.74) is 1.77. The smallest absolute Gasteiger partial charge is 0.415 e. The van der Waals surface area contributed by atoms with E-state index in [0.29, 0.717) is 33.3 Å². The first kappa shape index (κ1) is 39.6. The SMILES string of the molecule is CCOc1cc([C@H](Cc2c(Cl)c[nH+]cc2Cl)OC(=O)c2ccc(CN(C(=O)O[C@H]3CN4CCC3CC4)c3ccccc3F)cc2)ccc1OC(F)F.[OH-]. The van der Waals surface area contributed by atoms with Crippen LogP contribution in [0.5, 0.6) is 11.5 Å². The number of carbonyl (C=O) groups excluding carboxylic acids is 2. The lowest BCUT2D eigenvalue weighted by molar-refractivity contribution is -0.377. The van der Waals surface area contributed by atoms with Crippen LogP contribution in [0.3, 0.4) is 0 Å². The van der Waals surface area contributed by atoms with Crippen molar-refractivity contribution in [2.75, 3.05) is 31.1 Å². The molecule has 0 saturated carbocycles. The Morgan fingerprint density at radius 1 is 0.981 bits per heavy atom. The Morgan fingerprint density at radius 3 is 2.30 bits per heavy atom. The van der Waals surface area contributed by atoms with Gasteiger partial charge in [-0.25, -0.2) is 19.0 Å². The number of esters is 1. The second kappa shape index (κ2) is 18.0. The van der Waals surface area contributed by atoms with Crippen LogP contribution in [0.15, 0.2) is 79.1 Å². The molecule has 1 amide bonds. The number of H-pyrrole nitrogens is 1. The van der Waals surface area contributed by atoms with Crippen molar-refractivity contribution in [3.05, 3.63) is 117 Å². The number of pyridine rings is 1. The van der Waals surface area contributed by atoms with E-state index in [1.165, 1.54) is 59.8 Å². The highest BCUT2D eigenvalue weighted by Crippen LogP contribution is 2.37. The lowest BCUT2D eigenvalue weighted by Crippen LogP contribution is -2.53. The number of para-hydroxylation sites is 1. The van der Waals surface area contributed by atoms with Crippen molar-refractivity contribution in [1.29, 1.82) is 0 Å². The van der Waals surface area contributed by atoms with Gasteiger partial charge in [-0.15, -0.1) is 0 Å². The number of aromatic nitrogens is 1. The van der Waals surface area contributed by atoms with Gasteiger partial charge in [-0.05, 0) is 86.3 Å². The first-order valence-corrected chi connectivity index (χ1v) is 17.7. The van der Waals surface area contributed by atoms with Gasteiger partial charge in [0.15, 0.2) is 23.9 Å². The number of aromatic amines is 1. The molecule has 2 atom stereocenters. The summed E-state index contributed by atoms with van der Waals surface area (Å²) < 4.78 is 63.3. The number of alkyl halides is 2. The quantitative estimate of drug-likeness (QED) is 0.125. The number of anilines is 1. The average molecular weight is 777 g/mol. The van der Waals surface area contributed by atoms with Gasteiger partial charge in [0.25, 0.3) is 0 Å². The zero-order valence-electron chi connectivity index (χ0n) is 28.7. The molecule has 0 radical (unpaired) electrons. The van der Waals surface area contributed by atoms with E-state index < -0.39 is 30.6 Å². The molecule has 282 valence electrons. The van der Waals surface area contributed by atoms with Crippen LogP contribution in [0, 0.1) is 11.7 Å². The molecule has 2 N–H and O–H groups in total. The molecule has 3 fully saturated rings. The Kier molecular flexibility index (Phi) is 13.4. The van der Waals surface area contributed by atoms with Crippen molar-refractivity contribution in [3.63, 3.8) is 0 Å². The largest absolute Gasteiger partial charge is 0.870 e. The van der Waals surface area contributed by atoms with E-state index in [4.69, 9.17) is 37.4 Å². The topological polar surface area (TPSA) is 122 Å². The van der Waals surface area contributed by atoms with Crippen molar-refractivity contribution >= 4 is 41.0 Å². The maximum atomic E-state index is 15.0. The monoisotopic (exact) mass is 775 g/mol. The molecule has 3 saturated heterocycles. The molecule has 1 aromatic heterocycles. The predicted molar refractivity (Wildman–Crippen MR) is 190 cm³/mol. The second-order valence-electron chi connectivity index (χ2n) is 12.5. The molecule has 0 aliphatic carbocycles. The molecule has 2 bridgehead atoms. The standard InChI is InChI=1S/C38H36Cl2F3N3O6.H2O/c1-2-49-34-17-26(11-12-32(34)51-37(42)43)33(18-27-28(39)19-44-20-29(27)40)50-36(47)25-9-7-23(8-10-25)21-46(31-6-4-3-5-30(31)41)38(48)52-35-22-45-15-13-24(35)14-16-45;/h3-12,17,19-20,24,33,35,37H,2,13-16,18,21-22H2,1H3;1H2/t33-,35-;/m0./s1. The number of rotatable bonds is 13. The van der Waals surface area contributed by atoms with Crippen LogP contribution in [0.4, 0.5) is 23.7 Å². The van der Waals surface area contributed by atoms with E-state index in [1.807, 2.05) is 0 Å². The van der Waals surface area contributed by atoms with Crippen LogP contribution in [0.1, 0.15) is 52.9 Å². The van der Waals surface area contributed by atoms with E-state index in [2.05, 4.69) is 14.6 Å². The summed E-state index contributed by atoms with van der Waals surface area (Å²) in [4.78, 5) is 33.6. The minimum Gasteiger partial charge on any atom is -0.870 e. The summed E-state index contributed by atoms with van der Waals surface area (Å²) in [6.45, 7) is 1.38. The van der Waals surface area contributed by atoms with Gasteiger partial charge in [-0.2, -0.15) is 8.78 Å². The first-order valence-electron chi connectivity index (χ1n) is 16.9. The number of hydrogen-bond donors (Lipinski definition) is 0. The van der Waals surface area contributed by atoms with Gasteiger partial charge in [0.1, 0.15) is 28.1 Å². The van der Waals surface area contributed by atoms with Gasteiger partial charge < -0.3 is 24.4 Å². The van der Waals surface area contributed by atoms with Crippen molar-refractivity contribution < 1.29 is 52.2 Å². The van der Waals surface area contributed by atoms with Crippen LogP contribution in [0.2, 0.25) is 10.0 Å². The van der Waals surface area contributed by atoms with E-state index in [1.54, 1.807) is 31.2 Å². The third-order valence-corrected chi connectivity index (χ3v) is 9.91. The second-order valence-corrected chi connectivity index (χ2v) is 13.4. The van der Waals surface area contributed by atoms with E-state index in [-0.39, 0.29) is 59.8 Å². The fraction of sp³-hybridized carbons (Fsp3) is 0.342. The average Bonchev–Trinajstić information content (AvgIpc) is 3.13. The minimum atomic E-state index is -3.07. The Morgan fingerprint density at radius 2 is 1.68 bits per heavy atom. The molecule has 53 heavy (non-hydrogen) atoms. The molecule has 15 heteroatoms. The van der Waals surface area contributed by atoms with Gasteiger partial charge in [0.05, 0.1) is 24.4 Å². The third kappa shape index (κ3) is 9.71. The van der Waals surface area contributed by atoms with Gasteiger partial charge in [0.2, 0.25) is 0 Å². The summed E-state index contributed by atoms with van der Waals surface area (Å²) in [5, 5.41) is 0.596. The van der Waals surface area contributed by atoms with Gasteiger partial charge in [-0.1, -0.05) is 53.5 Å². The van der Waals surface area contributed by atoms with E-state index in [9.17, 15) is 18.4 Å². The van der Waals surface area contributed by atoms with Gasteiger partial charge in [-0.3, -0.25) is 9.80 Å². The number of carbonyl (C=O) groups is 2. The number of hydrogen-bond acceptors (Lipinski definition) is 8. The maximum Gasteiger partial charge on any atom is 0.415 e. The number of ether oxygens (including phenoxy) is 4. The molecular formula is C38H38Cl2F3N3O7. The highest BCUT2D eigenvalue weighted by atomic mass is 35.5. The Labute approximate surface area is 314 Å². The first-order chi connectivity index (χ1) is 25.1. The Balaban J connectivity index is 0.00000541. The number of amides is 1. The third-order valence-electron chi connectivity index (χ3n) is 9.23. The van der Waals surface area contributed by atoms with E-state index in [0.717, 1.165) is 25.9 Å². The highest BCUT2D eigenvalue weighted by Gasteiger charge is 2.38. The van der Waals surface area contributed by atoms with Crippen molar-refractivity contribution in [2.45, 2.75) is 51.6 Å². The van der Waals surface area contributed by atoms with Crippen molar-refractivity contribution in [2.24, 2.45) is 5.92 Å². The normalized spacial score (nSPS) is 18.1. The van der Waals surface area contributed by atoms with Gasteiger partial charge >= 0.3 is 18.7 Å². The van der Waals surface area contributed by atoms with Crippen LogP contribution < -0.4 is 19.4 Å². The number of benzene rings is 3. The molecule has 0 spiro atoms. The number of nitrogens with zero attached hydrogens (tertiary/aromatic N) is 2. The molecule has 3 aromatic carbocycles. The molecular weight excluding hydrogens is 738 g/mol. The predicted octanol–water partition coefficient (Wildman–Crippen LogP) is 8.15. The maximum absolute atomic E-state index is 15.0. The zero-order chi connectivity index (χ0) is 36.8. The molecule has 0 unspecified atom stereocenters. The Bertz CT molecular complexity index is 1860. The van der Waals surface area contributed by atoms with Crippen LogP contribution in [0.25, 0.3) is 0 Å². The number of fused-ring (bicyclic) bond motifs is 3. The lowest BCUT2D eigenvalue weighted by Gasteiger charge is -2.44. The molecule has 3 aliphatic rings. The summed E-state index contributed by atoms with van der Waals surface area (Å²) >= 11 is 12.9. The van der Waals surface area contributed by atoms with Crippen LogP contribution in [-0.4, -0.2) is 61.4 Å². The van der Waals surface area contributed by atoms with Crippen LogP contribution >= 0.6 is 23.2 Å². The lowest BCUT2D eigenvalue weighted by atomic mass is 9.86. The zero-order valence-corrected chi connectivity index (χ0v) is 30.2. The minimum absolute atomic E-state index is 0.